The normalized spacial score (nSPS) is 67.6. The molecule has 4 aliphatic carbocycles. The Morgan fingerprint density at radius 2 is 1.95 bits per heavy atom. The highest BCUT2D eigenvalue weighted by molar-refractivity contribution is 5.91. The summed E-state index contributed by atoms with van der Waals surface area (Å²) in [6, 6.07) is 0. The van der Waals surface area contributed by atoms with Crippen molar-refractivity contribution >= 4 is 5.78 Å². The molecule has 5 rings (SSSR count). The van der Waals surface area contributed by atoms with Crippen LogP contribution in [0.15, 0.2) is 0 Å². The number of aliphatic hydroxyl groups is 3. The lowest BCUT2D eigenvalue weighted by Crippen LogP contribution is -2.83. The molecule has 3 N–H and O–H groups in total. The van der Waals surface area contributed by atoms with E-state index < -0.39 is 33.7 Å². The molecule has 5 heteroatoms. The molecule has 5 fully saturated rings. The smallest absolute Gasteiger partial charge is 0.206 e. The van der Waals surface area contributed by atoms with E-state index in [9.17, 15) is 20.1 Å². The summed E-state index contributed by atoms with van der Waals surface area (Å²) in [4.78, 5) is 12.8. The fourth-order valence-electron chi connectivity index (χ4n) is 6.15. The van der Waals surface area contributed by atoms with Gasteiger partial charge in [0.1, 0.15) is 11.9 Å². The Balaban J connectivity index is 2.10. The Kier molecular flexibility index (Phi) is 1.98. The molecule has 1 heterocycles. The monoisotopic (exact) mass is 282 g/mol. The van der Waals surface area contributed by atoms with Crippen molar-refractivity contribution in [2.45, 2.75) is 57.5 Å². The molecule has 1 saturated heterocycles. The molecule has 6 unspecified atom stereocenters. The molecule has 0 amide bonds. The number of hydrogen-bond acceptors (Lipinski definition) is 5. The SMILES string of the molecule is C[C@H]1CCC2(O)C13CC(=O)C1(C)C(O)(OCC21C)C3O. The first-order valence-electron chi connectivity index (χ1n) is 7.42. The maximum atomic E-state index is 12.8. The van der Waals surface area contributed by atoms with Gasteiger partial charge in [0.25, 0.3) is 0 Å². The van der Waals surface area contributed by atoms with Crippen molar-refractivity contribution in [3.63, 3.8) is 0 Å². The molecule has 112 valence electrons. The van der Waals surface area contributed by atoms with E-state index in [2.05, 4.69) is 0 Å². The fourth-order valence-corrected chi connectivity index (χ4v) is 6.15. The first-order chi connectivity index (χ1) is 9.12. The van der Waals surface area contributed by atoms with Gasteiger partial charge in [-0.3, -0.25) is 4.79 Å². The van der Waals surface area contributed by atoms with Crippen LogP contribution in [-0.2, 0) is 9.53 Å². The highest BCUT2D eigenvalue weighted by Crippen LogP contribution is 2.79. The summed E-state index contributed by atoms with van der Waals surface area (Å²) in [5.41, 5.74) is -4.25. The third-order valence-corrected chi connectivity index (χ3v) is 7.77. The lowest BCUT2D eigenvalue weighted by Gasteiger charge is -2.69. The third kappa shape index (κ3) is 0.794. The first kappa shape index (κ1) is 13.2. The molecule has 20 heavy (non-hydrogen) atoms. The van der Waals surface area contributed by atoms with Crippen molar-refractivity contribution in [2.24, 2.45) is 22.2 Å². The standard InChI is InChI=1S/C15H22O5/c1-8-4-5-14(18)11(2)7-20-15(19)10(17)13(8,14)6-9(16)12(11,15)3/h8,10,17-19H,4-7H2,1-3H3/t8-,10?,11?,12?,13?,14?,15?/m0/s1. The van der Waals surface area contributed by atoms with Crippen molar-refractivity contribution in [3.8, 4) is 0 Å². The lowest BCUT2D eigenvalue weighted by atomic mass is 9.35. The van der Waals surface area contributed by atoms with E-state index in [1.165, 1.54) is 0 Å². The zero-order chi connectivity index (χ0) is 14.8. The Bertz CT molecular complexity index is 534. The second kappa shape index (κ2) is 3.00. The van der Waals surface area contributed by atoms with Crippen LogP contribution in [0.4, 0.5) is 0 Å². The minimum absolute atomic E-state index is 0.0242. The number of ketones is 1. The average Bonchev–Trinajstić information content (AvgIpc) is 2.77. The molecule has 4 saturated carbocycles. The summed E-state index contributed by atoms with van der Waals surface area (Å²) < 4.78 is 5.56. The summed E-state index contributed by atoms with van der Waals surface area (Å²) in [5, 5.41) is 33.3. The first-order valence-corrected chi connectivity index (χ1v) is 7.42. The van der Waals surface area contributed by atoms with Gasteiger partial charge in [0.05, 0.1) is 17.6 Å². The van der Waals surface area contributed by atoms with Gasteiger partial charge in [-0.15, -0.1) is 0 Å². The Morgan fingerprint density at radius 1 is 1.30 bits per heavy atom. The number of carbonyl (C=O) groups excluding carboxylic acids is 1. The van der Waals surface area contributed by atoms with Crippen LogP contribution in [0.1, 0.15) is 40.0 Å². The molecule has 5 nitrogen and oxygen atoms in total. The van der Waals surface area contributed by atoms with Gasteiger partial charge in [-0.25, -0.2) is 0 Å². The van der Waals surface area contributed by atoms with Crippen LogP contribution in [0.2, 0.25) is 0 Å². The Labute approximate surface area is 117 Å². The minimum atomic E-state index is -1.87. The van der Waals surface area contributed by atoms with E-state index >= 15 is 0 Å². The van der Waals surface area contributed by atoms with Gasteiger partial charge < -0.3 is 20.1 Å². The molecule has 7 atom stereocenters. The predicted octanol–water partition coefficient (Wildman–Crippen LogP) is 0.212. The molecule has 1 aliphatic heterocycles. The van der Waals surface area contributed by atoms with Crippen LogP contribution in [0, 0.1) is 22.2 Å². The van der Waals surface area contributed by atoms with Gasteiger partial charge in [0.2, 0.25) is 5.79 Å². The Hall–Kier alpha value is -0.490. The van der Waals surface area contributed by atoms with Crippen LogP contribution in [0.3, 0.4) is 0 Å². The number of rotatable bonds is 0. The molecule has 0 radical (unpaired) electrons. The highest BCUT2D eigenvalue weighted by atomic mass is 16.6. The van der Waals surface area contributed by atoms with Gasteiger partial charge in [-0.2, -0.15) is 0 Å². The number of carbonyl (C=O) groups is 1. The van der Waals surface area contributed by atoms with Gasteiger partial charge in [-0.1, -0.05) is 13.8 Å². The molecule has 0 aromatic heterocycles. The van der Waals surface area contributed by atoms with Crippen molar-refractivity contribution in [1.82, 2.24) is 0 Å². The topological polar surface area (TPSA) is 87.0 Å². The van der Waals surface area contributed by atoms with Crippen molar-refractivity contribution in [2.75, 3.05) is 6.61 Å². The van der Waals surface area contributed by atoms with E-state index in [0.717, 1.165) is 6.42 Å². The summed E-state index contributed by atoms with van der Waals surface area (Å²) >= 11 is 0. The number of hydrogen-bond donors (Lipinski definition) is 3. The minimum Gasteiger partial charge on any atom is -0.388 e. The molecule has 0 aromatic carbocycles. The molecule has 5 aliphatic rings. The van der Waals surface area contributed by atoms with Gasteiger partial charge in [0.15, 0.2) is 0 Å². The van der Waals surface area contributed by atoms with Gasteiger partial charge in [0, 0.05) is 17.3 Å². The van der Waals surface area contributed by atoms with E-state index in [1.807, 2.05) is 13.8 Å². The fraction of sp³-hybridized carbons (Fsp3) is 0.933. The summed E-state index contributed by atoms with van der Waals surface area (Å²) in [5.74, 6) is -1.99. The largest absolute Gasteiger partial charge is 0.388 e. The van der Waals surface area contributed by atoms with Crippen LogP contribution in [-0.4, -0.2) is 45.2 Å². The highest BCUT2D eigenvalue weighted by Gasteiger charge is 2.91. The molecule has 0 aromatic rings. The molecule has 4 bridgehead atoms. The summed E-state index contributed by atoms with van der Waals surface area (Å²) in [7, 11) is 0. The van der Waals surface area contributed by atoms with Gasteiger partial charge in [-0.05, 0) is 25.7 Å². The third-order valence-electron chi connectivity index (χ3n) is 7.77. The molecular formula is C15H22O5. The van der Waals surface area contributed by atoms with Crippen molar-refractivity contribution in [1.29, 1.82) is 0 Å². The maximum absolute atomic E-state index is 12.8. The van der Waals surface area contributed by atoms with Gasteiger partial charge >= 0.3 is 0 Å². The predicted molar refractivity (Wildman–Crippen MR) is 68.5 cm³/mol. The van der Waals surface area contributed by atoms with E-state index in [-0.39, 0.29) is 24.7 Å². The van der Waals surface area contributed by atoms with Crippen LogP contribution in [0.5, 0.6) is 0 Å². The lowest BCUT2D eigenvalue weighted by molar-refractivity contribution is -0.368. The van der Waals surface area contributed by atoms with Crippen molar-refractivity contribution in [3.05, 3.63) is 0 Å². The number of ether oxygens (including phenoxy) is 1. The number of Topliss-reactive ketones (excluding diaryl/α,β-unsaturated/α-hetero) is 1. The zero-order valence-corrected chi connectivity index (χ0v) is 12.1. The molecular weight excluding hydrogens is 260 g/mol. The van der Waals surface area contributed by atoms with E-state index in [4.69, 9.17) is 4.74 Å². The van der Waals surface area contributed by atoms with Crippen molar-refractivity contribution < 1.29 is 24.9 Å². The zero-order valence-electron chi connectivity index (χ0n) is 12.1. The molecule has 1 spiro atoms. The average molecular weight is 282 g/mol. The Morgan fingerprint density at radius 3 is 2.60 bits per heavy atom. The van der Waals surface area contributed by atoms with Crippen LogP contribution >= 0.6 is 0 Å². The second-order valence-corrected chi connectivity index (χ2v) is 7.79. The quantitative estimate of drug-likeness (QED) is 0.591. The maximum Gasteiger partial charge on any atom is 0.206 e. The number of fused-ring (bicyclic) bond motifs is 1. The summed E-state index contributed by atoms with van der Waals surface area (Å²) in [6.45, 7) is 5.54. The van der Waals surface area contributed by atoms with E-state index in [0.29, 0.717) is 6.42 Å². The van der Waals surface area contributed by atoms with Crippen LogP contribution < -0.4 is 0 Å². The second-order valence-electron chi connectivity index (χ2n) is 7.79. The summed E-state index contributed by atoms with van der Waals surface area (Å²) in [6.07, 6.45) is 0.201. The van der Waals surface area contributed by atoms with Crippen LogP contribution in [0.25, 0.3) is 0 Å². The van der Waals surface area contributed by atoms with E-state index in [1.54, 1.807) is 6.92 Å². The number of aliphatic hydroxyl groups excluding tert-OH is 1.